The van der Waals surface area contributed by atoms with Crippen molar-refractivity contribution in [3.8, 4) is 0 Å². The van der Waals surface area contributed by atoms with Crippen LogP contribution in [-0.2, 0) is 4.74 Å². The lowest BCUT2D eigenvalue weighted by Crippen LogP contribution is -2.38. The summed E-state index contributed by atoms with van der Waals surface area (Å²) in [6.45, 7) is 4.01. The van der Waals surface area contributed by atoms with Crippen molar-refractivity contribution < 1.29 is 4.74 Å². The van der Waals surface area contributed by atoms with Crippen molar-refractivity contribution in [1.82, 2.24) is 5.43 Å². The van der Waals surface area contributed by atoms with Gasteiger partial charge in [0, 0.05) is 0 Å². The number of rotatable bonds is 1. The number of hydrogen-bond donors (Lipinski definition) is 3. The fourth-order valence-corrected chi connectivity index (χ4v) is 1.42. The summed E-state index contributed by atoms with van der Waals surface area (Å²) in [5, 5.41) is 0. The highest BCUT2D eigenvalue weighted by Crippen LogP contribution is 2.22. The van der Waals surface area contributed by atoms with E-state index in [0.717, 1.165) is 6.42 Å². The normalized spacial score (nSPS) is 36.9. The Kier molecular flexibility index (Phi) is 2.88. The number of ether oxygens (including phenoxy) is 1. The van der Waals surface area contributed by atoms with Crippen molar-refractivity contribution in [1.29, 1.82) is 0 Å². The molecule has 0 spiro atoms. The molecule has 0 saturated carbocycles. The van der Waals surface area contributed by atoms with Gasteiger partial charge in [-0.15, -0.1) is 0 Å². The summed E-state index contributed by atoms with van der Waals surface area (Å²) in [7, 11) is 0. The quantitative estimate of drug-likeness (QED) is 0.212. The van der Waals surface area contributed by atoms with Crippen LogP contribution in [-0.4, -0.2) is 24.2 Å². The third-order valence-electron chi connectivity index (χ3n) is 2.02. The molecule has 0 aromatic carbocycles. The van der Waals surface area contributed by atoms with Gasteiger partial charge in [-0.2, -0.15) is 0 Å². The monoisotopic (exact) mass is 172 g/mol. The molecule has 1 saturated heterocycles. The second-order valence-electron chi connectivity index (χ2n) is 3.11. The van der Waals surface area contributed by atoms with Gasteiger partial charge in [0.05, 0.1) is 18.2 Å². The van der Waals surface area contributed by atoms with Gasteiger partial charge in [-0.25, -0.2) is 10.8 Å². The molecule has 0 bridgehead atoms. The second-order valence-corrected chi connectivity index (χ2v) is 3.11. The molecule has 5 N–H and O–H groups in total. The van der Waals surface area contributed by atoms with Crippen LogP contribution in [0, 0.1) is 0 Å². The van der Waals surface area contributed by atoms with E-state index < -0.39 is 0 Å². The summed E-state index contributed by atoms with van der Waals surface area (Å²) < 4.78 is 5.49. The predicted molar refractivity (Wildman–Crippen MR) is 47.4 cm³/mol. The smallest absolute Gasteiger partial charge is 0.203 e. The molecule has 0 amide bonds. The van der Waals surface area contributed by atoms with Crippen LogP contribution in [0.5, 0.6) is 0 Å². The summed E-state index contributed by atoms with van der Waals surface area (Å²) in [6.07, 6.45) is 1.30. The first-order valence-corrected chi connectivity index (χ1v) is 4.09. The molecule has 3 unspecified atom stereocenters. The summed E-state index contributed by atoms with van der Waals surface area (Å²) in [6, 6.07) is 0.135. The van der Waals surface area contributed by atoms with Crippen molar-refractivity contribution in [2.45, 2.75) is 38.5 Å². The Bertz CT molecular complexity index is 182. The number of nitrogens with two attached hydrogens (primary N) is 2. The standard InChI is InChI=1S/C7H16N4O/c1-4-3-6(5(2)12-4)10-7(8)11-9/h4-6H,3,9H2,1-2H3,(H3,8,10,11). The Labute approximate surface area is 72.1 Å². The summed E-state index contributed by atoms with van der Waals surface area (Å²) in [4.78, 5) is 4.16. The van der Waals surface area contributed by atoms with Crippen molar-refractivity contribution in [2.75, 3.05) is 0 Å². The summed E-state index contributed by atoms with van der Waals surface area (Å²) >= 11 is 0. The van der Waals surface area contributed by atoms with E-state index >= 15 is 0 Å². The first-order chi connectivity index (χ1) is 5.63. The molecule has 0 radical (unpaired) electrons. The topological polar surface area (TPSA) is 85.7 Å². The highest BCUT2D eigenvalue weighted by molar-refractivity contribution is 5.77. The lowest BCUT2D eigenvalue weighted by Gasteiger charge is -2.09. The fourth-order valence-electron chi connectivity index (χ4n) is 1.42. The lowest BCUT2D eigenvalue weighted by atomic mass is 10.1. The third-order valence-corrected chi connectivity index (χ3v) is 2.02. The molecule has 5 nitrogen and oxygen atoms in total. The number of hydrazine groups is 1. The first kappa shape index (κ1) is 9.28. The fraction of sp³-hybridized carbons (Fsp3) is 0.857. The van der Waals surface area contributed by atoms with Gasteiger partial charge in [0.2, 0.25) is 5.96 Å². The maximum absolute atomic E-state index is 5.49. The molecule has 1 heterocycles. The molecule has 1 fully saturated rings. The number of nitrogens with one attached hydrogen (secondary N) is 1. The SMILES string of the molecule is CC1CC(N=C(N)NN)C(C)O1. The van der Waals surface area contributed by atoms with E-state index in [9.17, 15) is 0 Å². The van der Waals surface area contributed by atoms with Crippen LogP contribution in [0.25, 0.3) is 0 Å². The van der Waals surface area contributed by atoms with E-state index in [1.807, 2.05) is 13.8 Å². The molecular weight excluding hydrogens is 156 g/mol. The average Bonchev–Trinajstić information content (AvgIpc) is 2.30. The van der Waals surface area contributed by atoms with Crippen LogP contribution in [0.4, 0.5) is 0 Å². The Morgan fingerprint density at radius 2 is 2.25 bits per heavy atom. The van der Waals surface area contributed by atoms with Gasteiger partial charge in [0.15, 0.2) is 0 Å². The van der Waals surface area contributed by atoms with Gasteiger partial charge in [0.25, 0.3) is 0 Å². The Morgan fingerprint density at radius 1 is 1.58 bits per heavy atom. The summed E-state index contributed by atoms with van der Waals surface area (Å²) in [5.74, 6) is 5.35. The van der Waals surface area contributed by atoms with Crippen LogP contribution < -0.4 is 17.0 Å². The van der Waals surface area contributed by atoms with E-state index in [1.165, 1.54) is 0 Å². The minimum Gasteiger partial charge on any atom is -0.373 e. The van der Waals surface area contributed by atoms with E-state index in [2.05, 4.69) is 10.4 Å². The van der Waals surface area contributed by atoms with E-state index in [1.54, 1.807) is 0 Å². The summed E-state index contributed by atoms with van der Waals surface area (Å²) in [5.41, 5.74) is 7.72. The molecule has 0 aliphatic carbocycles. The maximum Gasteiger partial charge on any atom is 0.203 e. The maximum atomic E-state index is 5.49. The molecule has 1 aliphatic rings. The number of nitrogens with zero attached hydrogens (tertiary/aromatic N) is 1. The van der Waals surface area contributed by atoms with Crippen LogP contribution in [0.15, 0.2) is 4.99 Å². The van der Waals surface area contributed by atoms with Crippen LogP contribution >= 0.6 is 0 Å². The van der Waals surface area contributed by atoms with Gasteiger partial charge in [0.1, 0.15) is 0 Å². The van der Waals surface area contributed by atoms with Crippen molar-refractivity contribution in [3.05, 3.63) is 0 Å². The van der Waals surface area contributed by atoms with Crippen LogP contribution in [0.1, 0.15) is 20.3 Å². The molecule has 5 heteroatoms. The van der Waals surface area contributed by atoms with Crippen molar-refractivity contribution in [3.63, 3.8) is 0 Å². The first-order valence-electron chi connectivity index (χ1n) is 4.09. The predicted octanol–water partition coefficient (Wildman–Crippen LogP) is -0.670. The zero-order valence-corrected chi connectivity index (χ0v) is 7.45. The molecule has 0 aromatic heterocycles. The Hall–Kier alpha value is -0.810. The van der Waals surface area contributed by atoms with Crippen molar-refractivity contribution in [2.24, 2.45) is 16.6 Å². The highest BCUT2D eigenvalue weighted by Gasteiger charge is 2.29. The molecule has 0 aromatic rings. The minimum atomic E-state index is 0.131. The van der Waals surface area contributed by atoms with E-state index in [4.69, 9.17) is 16.3 Å². The molecule has 1 aliphatic heterocycles. The molecule has 70 valence electrons. The lowest BCUT2D eigenvalue weighted by molar-refractivity contribution is 0.0638. The van der Waals surface area contributed by atoms with Crippen molar-refractivity contribution >= 4 is 5.96 Å². The Morgan fingerprint density at radius 3 is 2.67 bits per heavy atom. The van der Waals surface area contributed by atoms with Gasteiger partial charge in [-0.1, -0.05) is 0 Å². The average molecular weight is 172 g/mol. The van der Waals surface area contributed by atoms with Crippen LogP contribution in [0.3, 0.4) is 0 Å². The van der Waals surface area contributed by atoms with Gasteiger partial charge in [-0.05, 0) is 20.3 Å². The number of aliphatic imine (C=N–C) groups is 1. The molecule has 3 atom stereocenters. The van der Waals surface area contributed by atoms with Gasteiger partial charge in [-0.3, -0.25) is 5.43 Å². The molecule has 12 heavy (non-hydrogen) atoms. The van der Waals surface area contributed by atoms with E-state index in [-0.39, 0.29) is 24.2 Å². The molecule has 1 rings (SSSR count). The largest absolute Gasteiger partial charge is 0.373 e. The zero-order chi connectivity index (χ0) is 9.14. The third kappa shape index (κ3) is 2.09. The van der Waals surface area contributed by atoms with Crippen LogP contribution in [0.2, 0.25) is 0 Å². The van der Waals surface area contributed by atoms with Gasteiger partial charge < -0.3 is 10.5 Å². The van der Waals surface area contributed by atoms with E-state index in [0.29, 0.717) is 0 Å². The zero-order valence-electron chi connectivity index (χ0n) is 7.45. The molecular formula is C7H16N4O. The highest BCUT2D eigenvalue weighted by atomic mass is 16.5. The Balaban J connectivity index is 2.53. The second kappa shape index (κ2) is 3.73. The number of guanidine groups is 1. The minimum absolute atomic E-state index is 0.131. The van der Waals surface area contributed by atoms with Gasteiger partial charge >= 0.3 is 0 Å². The number of hydrogen-bond acceptors (Lipinski definition) is 3.